The summed E-state index contributed by atoms with van der Waals surface area (Å²) in [5.41, 5.74) is 15.5. The van der Waals surface area contributed by atoms with Gasteiger partial charge in [0.2, 0.25) is 0 Å². The number of nitrogens with two attached hydrogens (primary N) is 2. The number of ether oxygens (including phenoxy) is 1. The van der Waals surface area contributed by atoms with E-state index in [9.17, 15) is 0 Å². The minimum Gasteiger partial charge on any atom is -0.381 e. The van der Waals surface area contributed by atoms with E-state index in [2.05, 4.69) is 15.3 Å². The summed E-state index contributed by atoms with van der Waals surface area (Å²) in [6.07, 6.45) is 9.02. The zero-order valence-electron chi connectivity index (χ0n) is 17.5. The molecule has 0 atom stereocenters. The fourth-order valence-electron chi connectivity index (χ4n) is 4.26. The van der Waals surface area contributed by atoms with Gasteiger partial charge in [-0.2, -0.15) is 0 Å². The topological polar surface area (TPSA) is 112 Å². The number of nitrogens with zero attached hydrogens (tertiary/aromatic N) is 3. The smallest absolute Gasteiger partial charge is 0.148 e. The van der Waals surface area contributed by atoms with Crippen molar-refractivity contribution >= 4 is 17.4 Å². The molecular formula is C22H31ClN6O. The van der Waals surface area contributed by atoms with Gasteiger partial charge in [-0.1, -0.05) is 11.6 Å². The second-order valence-corrected chi connectivity index (χ2v) is 9.08. The van der Waals surface area contributed by atoms with E-state index in [1.807, 2.05) is 13.0 Å². The normalized spacial score (nSPS) is 25.3. The summed E-state index contributed by atoms with van der Waals surface area (Å²) in [6, 6.07) is 2.20. The first-order valence-corrected chi connectivity index (χ1v) is 11.2. The van der Waals surface area contributed by atoms with E-state index in [-0.39, 0.29) is 6.04 Å². The van der Waals surface area contributed by atoms with Crippen LogP contribution in [0.1, 0.15) is 49.9 Å². The van der Waals surface area contributed by atoms with Crippen LogP contribution in [0.4, 0.5) is 5.82 Å². The third kappa shape index (κ3) is 4.75. The fourth-order valence-corrected chi connectivity index (χ4v) is 4.46. The quantitative estimate of drug-likeness (QED) is 0.666. The van der Waals surface area contributed by atoms with Crippen LogP contribution in [0.3, 0.4) is 0 Å². The van der Waals surface area contributed by atoms with Gasteiger partial charge in [-0.3, -0.25) is 9.97 Å². The predicted molar refractivity (Wildman–Crippen MR) is 119 cm³/mol. The Morgan fingerprint density at radius 3 is 2.63 bits per heavy atom. The van der Waals surface area contributed by atoms with E-state index in [4.69, 9.17) is 32.8 Å². The lowest BCUT2D eigenvalue weighted by molar-refractivity contribution is 0.0699. The van der Waals surface area contributed by atoms with Gasteiger partial charge in [0.1, 0.15) is 5.82 Å². The lowest BCUT2D eigenvalue weighted by Gasteiger charge is -2.35. The van der Waals surface area contributed by atoms with Gasteiger partial charge in [-0.15, -0.1) is 0 Å². The predicted octanol–water partition coefficient (Wildman–Crippen LogP) is 3.39. The van der Waals surface area contributed by atoms with Gasteiger partial charge in [0.05, 0.1) is 33.8 Å². The molecule has 1 aliphatic carbocycles. The van der Waals surface area contributed by atoms with E-state index in [1.165, 1.54) is 0 Å². The Hall–Kier alpha value is -1.80. The monoisotopic (exact) mass is 430 g/mol. The molecule has 3 heterocycles. The Morgan fingerprint density at radius 1 is 1.17 bits per heavy atom. The first kappa shape index (κ1) is 21.4. The largest absolute Gasteiger partial charge is 0.381 e. The molecule has 0 bridgehead atoms. The molecular weight excluding hydrogens is 400 g/mol. The number of halogens is 1. The Kier molecular flexibility index (Phi) is 6.53. The second kappa shape index (κ2) is 9.14. The van der Waals surface area contributed by atoms with E-state index in [0.717, 1.165) is 86.7 Å². The highest BCUT2D eigenvalue weighted by atomic mass is 35.5. The zero-order valence-corrected chi connectivity index (χ0v) is 18.3. The van der Waals surface area contributed by atoms with E-state index >= 15 is 0 Å². The van der Waals surface area contributed by atoms with Crippen LogP contribution in [0.25, 0.3) is 11.3 Å². The maximum absolute atomic E-state index is 6.70. The maximum Gasteiger partial charge on any atom is 0.148 e. The minimum atomic E-state index is -0.475. The summed E-state index contributed by atoms with van der Waals surface area (Å²) in [7, 11) is 0. The van der Waals surface area contributed by atoms with E-state index in [1.54, 1.807) is 12.4 Å². The fraction of sp³-hybridized carbons (Fsp3) is 0.591. The van der Waals surface area contributed by atoms with Crippen molar-refractivity contribution in [1.82, 2.24) is 15.0 Å². The first-order chi connectivity index (χ1) is 14.4. The SMILES string of the molecule is Cc1ncc(-c2cc(C3(N)CCC(N)CC3)ncc2Cl)nc1NCC1CCOCC1. The summed E-state index contributed by atoms with van der Waals surface area (Å²) in [5.74, 6) is 1.38. The third-order valence-electron chi connectivity index (χ3n) is 6.42. The highest BCUT2D eigenvalue weighted by Gasteiger charge is 2.34. The molecule has 1 aliphatic heterocycles. The molecule has 5 N–H and O–H groups in total. The highest BCUT2D eigenvalue weighted by Crippen LogP contribution is 2.36. The Balaban J connectivity index is 1.57. The van der Waals surface area contributed by atoms with Crippen LogP contribution < -0.4 is 16.8 Å². The number of hydrogen-bond acceptors (Lipinski definition) is 7. The molecule has 0 radical (unpaired) electrons. The van der Waals surface area contributed by atoms with E-state index in [0.29, 0.717) is 10.9 Å². The molecule has 0 aromatic carbocycles. The van der Waals surface area contributed by atoms with E-state index < -0.39 is 5.54 Å². The number of nitrogens with one attached hydrogen (secondary N) is 1. The van der Waals surface area contributed by atoms with Crippen LogP contribution in [-0.2, 0) is 10.3 Å². The number of pyridine rings is 1. The van der Waals surface area contributed by atoms with Crippen LogP contribution in [0, 0.1) is 12.8 Å². The summed E-state index contributed by atoms with van der Waals surface area (Å²) in [4.78, 5) is 13.9. The van der Waals surface area contributed by atoms with Crippen LogP contribution in [0.15, 0.2) is 18.5 Å². The lowest BCUT2D eigenvalue weighted by atomic mass is 9.78. The number of rotatable bonds is 5. The Bertz CT molecular complexity index is 878. The molecule has 0 spiro atoms. The lowest BCUT2D eigenvalue weighted by Crippen LogP contribution is -2.44. The molecule has 4 rings (SSSR count). The molecule has 2 aromatic rings. The van der Waals surface area contributed by atoms with Crippen molar-refractivity contribution in [2.24, 2.45) is 17.4 Å². The van der Waals surface area contributed by atoms with Gasteiger partial charge in [0, 0.05) is 37.6 Å². The third-order valence-corrected chi connectivity index (χ3v) is 6.72. The number of aromatic nitrogens is 3. The van der Waals surface area contributed by atoms with Crippen molar-refractivity contribution in [2.75, 3.05) is 25.1 Å². The Morgan fingerprint density at radius 2 is 1.90 bits per heavy atom. The van der Waals surface area contributed by atoms with Crippen molar-refractivity contribution in [2.45, 2.75) is 57.0 Å². The molecule has 8 heteroatoms. The number of hydrogen-bond donors (Lipinski definition) is 3. The standard InChI is InChI=1S/C22H31ClN6O/c1-14-21(28-11-15-4-8-30-9-5-15)29-19(13-26-14)17-10-20(27-12-18(17)23)22(25)6-2-16(24)3-7-22/h10,12-13,15-16H,2-9,11,24-25H2,1H3,(H,28,29). The highest BCUT2D eigenvalue weighted by molar-refractivity contribution is 6.33. The second-order valence-electron chi connectivity index (χ2n) is 8.67. The maximum atomic E-state index is 6.70. The summed E-state index contributed by atoms with van der Waals surface area (Å²) in [6.45, 7) is 4.49. The average molecular weight is 431 g/mol. The molecule has 162 valence electrons. The molecule has 0 unspecified atom stereocenters. The molecule has 7 nitrogen and oxygen atoms in total. The van der Waals surface area contributed by atoms with Crippen molar-refractivity contribution in [3.8, 4) is 11.3 Å². The molecule has 2 aliphatic rings. The molecule has 0 amide bonds. The van der Waals surface area contributed by atoms with Crippen LogP contribution >= 0.6 is 11.6 Å². The van der Waals surface area contributed by atoms with Gasteiger partial charge in [-0.25, -0.2) is 4.98 Å². The van der Waals surface area contributed by atoms with Crippen molar-refractivity contribution in [3.05, 3.63) is 34.9 Å². The summed E-state index contributed by atoms with van der Waals surface area (Å²) >= 11 is 6.50. The van der Waals surface area contributed by atoms with Crippen molar-refractivity contribution in [3.63, 3.8) is 0 Å². The average Bonchev–Trinajstić information content (AvgIpc) is 2.76. The Labute approximate surface area is 183 Å². The minimum absolute atomic E-state index is 0.223. The number of anilines is 1. The van der Waals surface area contributed by atoms with Gasteiger partial charge < -0.3 is 21.5 Å². The summed E-state index contributed by atoms with van der Waals surface area (Å²) in [5, 5.41) is 4.02. The van der Waals surface area contributed by atoms with Gasteiger partial charge in [0.25, 0.3) is 0 Å². The molecule has 30 heavy (non-hydrogen) atoms. The first-order valence-electron chi connectivity index (χ1n) is 10.8. The molecule has 1 saturated heterocycles. The zero-order chi connectivity index (χ0) is 21.1. The van der Waals surface area contributed by atoms with Crippen molar-refractivity contribution in [1.29, 1.82) is 0 Å². The molecule has 1 saturated carbocycles. The summed E-state index contributed by atoms with van der Waals surface area (Å²) < 4.78 is 5.45. The van der Waals surface area contributed by atoms with Crippen LogP contribution in [-0.4, -0.2) is 40.8 Å². The van der Waals surface area contributed by atoms with Gasteiger partial charge in [0.15, 0.2) is 0 Å². The van der Waals surface area contributed by atoms with Crippen molar-refractivity contribution < 1.29 is 4.74 Å². The van der Waals surface area contributed by atoms with Crippen LogP contribution in [0.5, 0.6) is 0 Å². The van der Waals surface area contributed by atoms with Crippen LogP contribution in [0.2, 0.25) is 5.02 Å². The van der Waals surface area contributed by atoms with Gasteiger partial charge >= 0.3 is 0 Å². The van der Waals surface area contributed by atoms with Gasteiger partial charge in [-0.05, 0) is 57.4 Å². The molecule has 2 fully saturated rings. The number of aryl methyl sites for hydroxylation is 1. The molecule has 2 aromatic heterocycles.